The zero-order valence-corrected chi connectivity index (χ0v) is 10.7. The van der Waals surface area contributed by atoms with Gasteiger partial charge in [0.05, 0.1) is 18.9 Å². The summed E-state index contributed by atoms with van der Waals surface area (Å²) >= 11 is 0. The second-order valence-corrected chi connectivity index (χ2v) is 4.24. The Morgan fingerprint density at radius 3 is 2.65 bits per heavy atom. The Balaban J connectivity index is 2.09. The van der Waals surface area contributed by atoms with E-state index < -0.39 is 0 Å². The third-order valence-corrected chi connectivity index (χ3v) is 2.69. The van der Waals surface area contributed by atoms with Gasteiger partial charge in [-0.1, -0.05) is 45.1 Å². The molecule has 1 heterocycles. The van der Waals surface area contributed by atoms with E-state index in [0.29, 0.717) is 18.2 Å². The number of rotatable bonds is 9. The molecule has 1 rings (SSSR count). The van der Waals surface area contributed by atoms with Crippen molar-refractivity contribution in [3.05, 3.63) is 23.9 Å². The summed E-state index contributed by atoms with van der Waals surface area (Å²) in [7, 11) is 0. The van der Waals surface area contributed by atoms with E-state index in [-0.39, 0.29) is 6.61 Å². The van der Waals surface area contributed by atoms with Gasteiger partial charge in [0, 0.05) is 6.07 Å². The number of hydrogen-bond donors (Lipinski definition) is 1. The molecule has 0 fully saturated rings. The summed E-state index contributed by atoms with van der Waals surface area (Å²) in [4.78, 5) is 4.17. The first kappa shape index (κ1) is 14.0. The van der Waals surface area contributed by atoms with Crippen molar-refractivity contribution < 1.29 is 9.84 Å². The first-order chi connectivity index (χ1) is 8.36. The van der Waals surface area contributed by atoms with Crippen LogP contribution in [0.25, 0.3) is 0 Å². The molecule has 0 aromatic carbocycles. The van der Waals surface area contributed by atoms with E-state index in [0.717, 1.165) is 6.42 Å². The summed E-state index contributed by atoms with van der Waals surface area (Å²) in [5.41, 5.74) is 0.658. The highest BCUT2D eigenvalue weighted by atomic mass is 16.5. The molecule has 0 radical (unpaired) electrons. The molecule has 3 nitrogen and oxygen atoms in total. The molecule has 17 heavy (non-hydrogen) atoms. The molecule has 1 aromatic rings. The third-order valence-electron chi connectivity index (χ3n) is 2.69. The lowest BCUT2D eigenvalue weighted by atomic mass is 10.1. The largest absolute Gasteiger partial charge is 0.478 e. The van der Waals surface area contributed by atoms with Gasteiger partial charge in [-0.05, 0) is 12.5 Å². The Bertz CT molecular complexity index is 302. The molecule has 0 saturated heterocycles. The minimum Gasteiger partial charge on any atom is -0.478 e. The molecular formula is C14H23NO2. The molecule has 0 amide bonds. The highest BCUT2D eigenvalue weighted by molar-refractivity contribution is 5.15. The third kappa shape index (κ3) is 6.27. The van der Waals surface area contributed by atoms with Crippen LogP contribution < -0.4 is 4.74 Å². The quantitative estimate of drug-likeness (QED) is 0.670. The van der Waals surface area contributed by atoms with Crippen LogP contribution in [0.3, 0.4) is 0 Å². The van der Waals surface area contributed by atoms with Gasteiger partial charge < -0.3 is 9.84 Å². The van der Waals surface area contributed by atoms with Gasteiger partial charge in [0.25, 0.3) is 0 Å². The van der Waals surface area contributed by atoms with Gasteiger partial charge in [0.1, 0.15) is 0 Å². The van der Waals surface area contributed by atoms with Crippen molar-refractivity contribution in [1.82, 2.24) is 4.98 Å². The van der Waals surface area contributed by atoms with Gasteiger partial charge in [0.2, 0.25) is 5.88 Å². The predicted molar refractivity (Wildman–Crippen MR) is 69.0 cm³/mol. The monoisotopic (exact) mass is 237 g/mol. The fourth-order valence-corrected chi connectivity index (χ4v) is 1.69. The van der Waals surface area contributed by atoms with Crippen molar-refractivity contribution in [2.75, 3.05) is 6.61 Å². The topological polar surface area (TPSA) is 42.4 Å². The van der Waals surface area contributed by atoms with E-state index in [1.165, 1.54) is 32.1 Å². The van der Waals surface area contributed by atoms with Crippen molar-refractivity contribution >= 4 is 0 Å². The van der Waals surface area contributed by atoms with Gasteiger partial charge in [-0.3, -0.25) is 0 Å². The number of pyridine rings is 1. The van der Waals surface area contributed by atoms with Crippen molar-refractivity contribution in [1.29, 1.82) is 0 Å². The lowest BCUT2D eigenvalue weighted by Gasteiger charge is -2.06. The second kappa shape index (κ2) is 8.99. The van der Waals surface area contributed by atoms with Crippen LogP contribution in [-0.4, -0.2) is 16.7 Å². The number of unbranched alkanes of at least 4 members (excludes halogenated alkanes) is 5. The van der Waals surface area contributed by atoms with Crippen LogP contribution >= 0.6 is 0 Å². The molecule has 0 bridgehead atoms. The van der Waals surface area contributed by atoms with Gasteiger partial charge in [-0.2, -0.15) is 0 Å². The van der Waals surface area contributed by atoms with E-state index >= 15 is 0 Å². The maximum atomic E-state index is 8.94. The molecule has 0 aliphatic rings. The molecular weight excluding hydrogens is 214 g/mol. The van der Waals surface area contributed by atoms with E-state index in [2.05, 4.69) is 11.9 Å². The molecule has 0 aliphatic carbocycles. The summed E-state index contributed by atoms with van der Waals surface area (Å²) in [6.07, 6.45) is 7.54. The van der Waals surface area contributed by atoms with Crippen LogP contribution in [0.4, 0.5) is 0 Å². The Kier molecular flexibility index (Phi) is 7.39. The van der Waals surface area contributed by atoms with Crippen molar-refractivity contribution in [3.8, 4) is 5.88 Å². The zero-order chi connectivity index (χ0) is 12.3. The normalized spacial score (nSPS) is 10.5. The van der Waals surface area contributed by atoms with Crippen LogP contribution in [0.1, 0.15) is 51.1 Å². The molecule has 0 unspecified atom stereocenters. The summed E-state index contributed by atoms with van der Waals surface area (Å²) in [5.74, 6) is 0.616. The lowest BCUT2D eigenvalue weighted by Crippen LogP contribution is -2.00. The molecule has 3 heteroatoms. The van der Waals surface area contributed by atoms with Crippen molar-refractivity contribution in [3.63, 3.8) is 0 Å². The van der Waals surface area contributed by atoms with Crippen LogP contribution in [0.2, 0.25) is 0 Å². The number of aliphatic hydroxyl groups is 1. The first-order valence-corrected chi connectivity index (χ1v) is 6.56. The highest BCUT2D eigenvalue weighted by Gasteiger charge is 1.97. The molecule has 1 aromatic heterocycles. The van der Waals surface area contributed by atoms with Crippen LogP contribution in [0.5, 0.6) is 5.88 Å². The smallest absolute Gasteiger partial charge is 0.213 e. The van der Waals surface area contributed by atoms with E-state index in [1.807, 2.05) is 12.1 Å². The summed E-state index contributed by atoms with van der Waals surface area (Å²) < 4.78 is 5.53. The van der Waals surface area contributed by atoms with Gasteiger partial charge in [-0.15, -0.1) is 0 Å². The minimum atomic E-state index is -0.0335. The van der Waals surface area contributed by atoms with E-state index in [1.54, 1.807) is 6.07 Å². The van der Waals surface area contributed by atoms with Gasteiger partial charge in [0.15, 0.2) is 0 Å². The van der Waals surface area contributed by atoms with Crippen LogP contribution in [-0.2, 0) is 6.61 Å². The average molecular weight is 237 g/mol. The van der Waals surface area contributed by atoms with Crippen LogP contribution in [0, 0.1) is 0 Å². The minimum absolute atomic E-state index is 0.0335. The molecule has 0 atom stereocenters. The Morgan fingerprint density at radius 2 is 1.88 bits per heavy atom. The van der Waals surface area contributed by atoms with Crippen molar-refractivity contribution in [2.45, 2.75) is 52.1 Å². The molecule has 1 N–H and O–H groups in total. The molecule has 0 spiro atoms. The maximum absolute atomic E-state index is 8.94. The number of ether oxygens (including phenoxy) is 1. The zero-order valence-electron chi connectivity index (χ0n) is 10.7. The molecule has 0 saturated carbocycles. The number of nitrogens with zero attached hydrogens (tertiary/aromatic N) is 1. The first-order valence-electron chi connectivity index (χ1n) is 6.56. The van der Waals surface area contributed by atoms with Gasteiger partial charge >= 0.3 is 0 Å². The van der Waals surface area contributed by atoms with E-state index in [9.17, 15) is 0 Å². The molecule has 96 valence electrons. The summed E-state index contributed by atoms with van der Waals surface area (Å²) in [5, 5.41) is 8.94. The fraction of sp³-hybridized carbons (Fsp3) is 0.643. The summed E-state index contributed by atoms with van der Waals surface area (Å²) in [6.45, 7) is 2.91. The van der Waals surface area contributed by atoms with Crippen molar-refractivity contribution in [2.24, 2.45) is 0 Å². The van der Waals surface area contributed by atoms with E-state index in [4.69, 9.17) is 9.84 Å². The number of aliphatic hydroxyl groups excluding tert-OH is 1. The SMILES string of the molecule is CCCCCCCCOc1cccc(CO)n1. The number of aromatic nitrogens is 1. The van der Waals surface area contributed by atoms with Crippen LogP contribution in [0.15, 0.2) is 18.2 Å². The Morgan fingerprint density at radius 1 is 1.12 bits per heavy atom. The summed E-state index contributed by atoms with van der Waals surface area (Å²) in [6, 6.07) is 5.48. The Labute approximate surface area is 104 Å². The number of hydrogen-bond acceptors (Lipinski definition) is 3. The Hall–Kier alpha value is -1.09. The highest BCUT2D eigenvalue weighted by Crippen LogP contribution is 2.09. The molecule has 0 aliphatic heterocycles. The average Bonchev–Trinajstić information content (AvgIpc) is 2.38. The maximum Gasteiger partial charge on any atom is 0.213 e. The predicted octanol–water partition coefficient (Wildman–Crippen LogP) is 3.31. The second-order valence-electron chi connectivity index (χ2n) is 4.24. The fourth-order valence-electron chi connectivity index (χ4n) is 1.69. The van der Waals surface area contributed by atoms with Gasteiger partial charge in [-0.25, -0.2) is 4.98 Å². The standard InChI is InChI=1S/C14H23NO2/c1-2-3-4-5-6-7-11-17-14-10-8-9-13(12-16)15-14/h8-10,16H,2-7,11-12H2,1H3. The lowest BCUT2D eigenvalue weighted by molar-refractivity contribution is 0.266.